The van der Waals surface area contributed by atoms with E-state index in [9.17, 15) is 4.79 Å². The summed E-state index contributed by atoms with van der Waals surface area (Å²) in [5, 5.41) is 10.1. The molecule has 1 amide bonds. The number of nitrogens with zero attached hydrogens (tertiary/aromatic N) is 2. The summed E-state index contributed by atoms with van der Waals surface area (Å²) in [5.74, 6) is 0. The van der Waals surface area contributed by atoms with E-state index in [-0.39, 0.29) is 6.04 Å². The Morgan fingerprint density at radius 3 is 2.60 bits per heavy atom. The topological polar surface area (TPSA) is 62.6 Å². The molecular weight excluding hydrogens is 256 g/mol. The number of carbonyl (C=O) groups excluding carboxylic acids is 1. The van der Waals surface area contributed by atoms with Crippen LogP contribution < -0.4 is 0 Å². The molecule has 5 heteroatoms. The molecule has 1 aliphatic heterocycles. The van der Waals surface area contributed by atoms with Gasteiger partial charge in [0.25, 0.3) is 0 Å². The monoisotopic (exact) mass is 274 g/mol. The Kier molecular flexibility index (Phi) is 3.96. The van der Waals surface area contributed by atoms with E-state index in [1.165, 1.54) is 5.06 Å². The quantitative estimate of drug-likeness (QED) is 0.789. The average molecular weight is 274 g/mol. The van der Waals surface area contributed by atoms with Crippen LogP contribution in [0.3, 0.4) is 0 Å². The fraction of sp³-hybridized carbons (Fsp3) is 0.467. The van der Waals surface area contributed by atoms with Crippen molar-refractivity contribution in [3.05, 3.63) is 35.4 Å². The molecule has 20 heavy (non-hydrogen) atoms. The first kappa shape index (κ1) is 14.4. The summed E-state index contributed by atoms with van der Waals surface area (Å²) in [5.41, 5.74) is 0.974. The van der Waals surface area contributed by atoms with E-state index < -0.39 is 11.7 Å². The molecule has 5 nitrogen and oxygen atoms in total. The highest BCUT2D eigenvalue weighted by Gasteiger charge is 2.34. The van der Waals surface area contributed by atoms with E-state index in [0.29, 0.717) is 18.6 Å². The van der Waals surface area contributed by atoms with Gasteiger partial charge in [0.05, 0.1) is 24.3 Å². The molecule has 1 fully saturated rings. The van der Waals surface area contributed by atoms with Crippen molar-refractivity contribution in [2.24, 2.45) is 0 Å². The molecule has 2 rings (SSSR count). The van der Waals surface area contributed by atoms with Crippen LogP contribution in [0.25, 0.3) is 0 Å². The summed E-state index contributed by atoms with van der Waals surface area (Å²) < 4.78 is 5.33. The zero-order chi connectivity index (χ0) is 14.8. The molecule has 0 aromatic heterocycles. The van der Waals surface area contributed by atoms with Gasteiger partial charge in [0, 0.05) is 6.42 Å². The molecule has 106 valence electrons. The van der Waals surface area contributed by atoms with Gasteiger partial charge in [0.2, 0.25) is 0 Å². The third-order valence-corrected chi connectivity index (χ3v) is 2.90. The smallest absolute Gasteiger partial charge is 0.435 e. The van der Waals surface area contributed by atoms with E-state index in [1.807, 2.05) is 32.9 Å². The van der Waals surface area contributed by atoms with Crippen molar-refractivity contribution in [1.82, 2.24) is 5.06 Å². The highest BCUT2D eigenvalue weighted by molar-refractivity contribution is 5.67. The minimum Gasteiger partial charge on any atom is -0.442 e. The van der Waals surface area contributed by atoms with Crippen LogP contribution in [0.15, 0.2) is 24.3 Å². The molecule has 0 saturated carbocycles. The molecule has 0 aliphatic carbocycles. The van der Waals surface area contributed by atoms with Crippen LogP contribution in [-0.4, -0.2) is 23.4 Å². The first-order chi connectivity index (χ1) is 9.40. The average Bonchev–Trinajstić information content (AvgIpc) is 2.86. The maximum Gasteiger partial charge on any atom is 0.435 e. The van der Waals surface area contributed by atoms with Crippen LogP contribution in [0.2, 0.25) is 0 Å². The van der Waals surface area contributed by atoms with E-state index in [4.69, 9.17) is 14.8 Å². The van der Waals surface area contributed by atoms with Crippen molar-refractivity contribution >= 4 is 6.09 Å². The number of amides is 1. The molecule has 0 unspecified atom stereocenters. The lowest BCUT2D eigenvalue weighted by atomic mass is 10.0. The number of carbonyl (C=O) groups is 1. The van der Waals surface area contributed by atoms with Gasteiger partial charge < -0.3 is 4.74 Å². The lowest BCUT2D eigenvalue weighted by Gasteiger charge is -2.27. The lowest BCUT2D eigenvalue weighted by Crippen LogP contribution is -2.35. The van der Waals surface area contributed by atoms with Crippen LogP contribution >= 0.6 is 0 Å². The minimum absolute atomic E-state index is 0.169. The van der Waals surface area contributed by atoms with Gasteiger partial charge in [-0.05, 0) is 38.5 Å². The number of benzene rings is 1. The summed E-state index contributed by atoms with van der Waals surface area (Å²) in [4.78, 5) is 17.5. The Bertz CT molecular complexity index is 526. The Balaban J connectivity index is 2.14. The van der Waals surface area contributed by atoms with Gasteiger partial charge in [-0.15, -0.1) is 0 Å². The maximum atomic E-state index is 12.1. The third-order valence-electron chi connectivity index (χ3n) is 2.90. The summed E-state index contributed by atoms with van der Waals surface area (Å²) in [7, 11) is 0. The van der Waals surface area contributed by atoms with Crippen molar-refractivity contribution < 1.29 is 14.4 Å². The second-order valence-electron chi connectivity index (χ2n) is 5.68. The fourth-order valence-corrected chi connectivity index (χ4v) is 2.04. The Hall–Kier alpha value is -2.06. The number of rotatable bonds is 1. The molecule has 0 bridgehead atoms. The molecule has 1 saturated heterocycles. The van der Waals surface area contributed by atoms with E-state index >= 15 is 0 Å². The predicted molar refractivity (Wildman–Crippen MR) is 72.5 cm³/mol. The zero-order valence-corrected chi connectivity index (χ0v) is 11.9. The number of nitriles is 1. The minimum atomic E-state index is -0.557. The van der Waals surface area contributed by atoms with Crippen LogP contribution in [0.5, 0.6) is 0 Å². The zero-order valence-electron chi connectivity index (χ0n) is 11.9. The highest BCUT2D eigenvalue weighted by Crippen LogP contribution is 2.31. The van der Waals surface area contributed by atoms with E-state index in [0.717, 1.165) is 5.56 Å². The SMILES string of the molecule is CC(C)(C)OC(=O)N1OCC[C@H]1c1ccc(C#N)cc1. The molecule has 1 aromatic carbocycles. The predicted octanol–water partition coefficient (Wildman–Crippen LogP) is 3.17. The van der Waals surface area contributed by atoms with Gasteiger partial charge >= 0.3 is 6.09 Å². The summed E-state index contributed by atoms with van der Waals surface area (Å²) in [6, 6.07) is 9.06. The Labute approximate surface area is 118 Å². The van der Waals surface area contributed by atoms with Crippen molar-refractivity contribution in [3.63, 3.8) is 0 Å². The fourth-order valence-electron chi connectivity index (χ4n) is 2.04. The van der Waals surface area contributed by atoms with Crippen molar-refractivity contribution in [1.29, 1.82) is 5.26 Å². The number of hydrogen-bond acceptors (Lipinski definition) is 4. The second kappa shape index (κ2) is 5.51. The normalized spacial score (nSPS) is 18.7. The maximum absolute atomic E-state index is 12.1. The molecule has 1 heterocycles. The summed E-state index contributed by atoms with van der Waals surface area (Å²) in [6.07, 6.45) is 0.231. The molecule has 0 N–H and O–H groups in total. The Morgan fingerprint density at radius 2 is 2.05 bits per heavy atom. The van der Waals surface area contributed by atoms with Crippen molar-refractivity contribution in [3.8, 4) is 6.07 Å². The molecular formula is C15H18N2O3. The van der Waals surface area contributed by atoms with Gasteiger partial charge in [0.15, 0.2) is 0 Å². The molecule has 1 atom stereocenters. The highest BCUT2D eigenvalue weighted by atomic mass is 16.7. The number of ether oxygens (including phenoxy) is 1. The van der Waals surface area contributed by atoms with Crippen LogP contribution in [0.1, 0.15) is 44.4 Å². The first-order valence-electron chi connectivity index (χ1n) is 6.56. The second-order valence-corrected chi connectivity index (χ2v) is 5.68. The van der Waals surface area contributed by atoms with Gasteiger partial charge in [-0.2, -0.15) is 10.3 Å². The number of hydroxylamine groups is 2. The van der Waals surface area contributed by atoms with Gasteiger partial charge in [0.1, 0.15) is 5.60 Å². The van der Waals surface area contributed by atoms with Crippen molar-refractivity contribution in [2.45, 2.75) is 38.8 Å². The lowest BCUT2D eigenvalue weighted by molar-refractivity contribution is -0.125. The van der Waals surface area contributed by atoms with Crippen LogP contribution in [0, 0.1) is 11.3 Å². The molecule has 1 aliphatic rings. The molecule has 0 spiro atoms. The first-order valence-corrected chi connectivity index (χ1v) is 6.56. The third kappa shape index (κ3) is 3.28. The van der Waals surface area contributed by atoms with Crippen molar-refractivity contribution in [2.75, 3.05) is 6.61 Å². The van der Waals surface area contributed by atoms with E-state index in [1.54, 1.807) is 12.1 Å². The van der Waals surface area contributed by atoms with Crippen LogP contribution in [-0.2, 0) is 9.57 Å². The molecule has 0 radical (unpaired) electrons. The summed E-state index contributed by atoms with van der Waals surface area (Å²) in [6.45, 7) is 5.93. The van der Waals surface area contributed by atoms with Gasteiger partial charge in [-0.3, -0.25) is 4.84 Å². The Morgan fingerprint density at radius 1 is 1.40 bits per heavy atom. The standard InChI is InChI=1S/C15H18N2O3/c1-15(2,3)20-14(18)17-13(8-9-19-17)12-6-4-11(10-16)5-7-12/h4-7,13H,8-9H2,1-3H3/t13-/m0/s1. The van der Waals surface area contributed by atoms with Gasteiger partial charge in [-0.25, -0.2) is 4.79 Å². The van der Waals surface area contributed by atoms with E-state index in [2.05, 4.69) is 6.07 Å². The van der Waals surface area contributed by atoms with Crippen LogP contribution in [0.4, 0.5) is 4.79 Å². The molecule has 1 aromatic rings. The largest absolute Gasteiger partial charge is 0.442 e. The number of hydrogen-bond donors (Lipinski definition) is 0. The van der Waals surface area contributed by atoms with Gasteiger partial charge in [-0.1, -0.05) is 12.1 Å². The summed E-state index contributed by atoms with van der Waals surface area (Å²) >= 11 is 0.